The van der Waals surface area contributed by atoms with E-state index in [2.05, 4.69) is 10.4 Å². The second kappa shape index (κ2) is 5.54. The summed E-state index contributed by atoms with van der Waals surface area (Å²) in [6.07, 6.45) is 1.66. The van der Waals surface area contributed by atoms with Crippen molar-refractivity contribution in [1.29, 1.82) is 0 Å². The molecule has 0 aliphatic heterocycles. The van der Waals surface area contributed by atoms with Crippen LogP contribution in [0.25, 0.3) is 0 Å². The van der Waals surface area contributed by atoms with Crippen molar-refractivity contribution >= 4 is 28.6 Å². The smallest absolute Gasteiger partial charge is 0.269 e. The minimum absolute atomic E-state index is 0.120. The van der Waals surface area contributed by atoms with Gasteiger partial charge in [0.1, 0.15) is 0 Å². The van der Waals surface area contributed by atoms with Crippen LogP contribution >= 0.6 is 22.9 Å². The summed E-state index contributed by atoms with van der Waals surface area (Å²) in [6.45, 7) is 4.48. The molecule has 0 atom stereocenters. The van der Waals surface area contributed by atoms with Gasteiger partial charge < -0.3 is 5.32 Å². The molecule has 0 fully saturated rings. The van der Waals surface area contributed by atoms with Crippen LogP contribution in [0.4, 0.5) is 5.69 Å². The summed E-state index contributed by atoms with van der Waals surface area (Å²) in [5.41, 5.74) is 0.626. The predicted octanol–water partition coefficient (Wildman–Crippen LogP) is 2.83. The van der Waals surface area contributed by atoms with Crippen LogP contribution < -0.4 is 10.9 Å². The van der Waals surface area contributed by atoms with E-state index in [1.165, 1.54) is 16.0 Å². The highest BCUT2D eigenvalue weighted by Gasteiger charge is 2.04. The van der Waals surface area contributed by atoms with Crippen LogP contribution in [0.15, 0.2) is 29.2 Å². The van der Waals surface area contributed by atoms with E-state index in [-0.39, 0.29) is 11.6 Å². The number of nitrogens with zero attached hydrogens (tertiary/aromatic N) is 2. The number of thiophene rings is 1. The fourth-order valence-corrected chi connectivity index (χ4v) is 2.62. The summed E-state index contributed by atoms with van der Waals surface area (Å²) >= 11 is 7.31. The van der Waals surface area contributed by atoms with Gasteiger partial charge in [0.05, 0.1) is 22.8 Å². The Kier molecular flexibility index (Phi) is 4.04. The summed E-state index contributed by atoms with van der Waals surface area (Å²) in [7, 11) is 0. The molecule has 0 aromatic carbocycles. The van der Waals surface area contributed by atoms with Gasteiger partial charge in [-0.1, -0.05) is 11.6 Å². The summed E-state index contributed by atoms with van der Waals surface area (Å²) in [5, 5.41) is 7.29. The van der Waals surface area contributed by atoms with Crippen molar-refractivity contribution in [3.8, 4) is 0 Å². The maximum atomic E-state index is 11.9. The summed E-state index contributed by atoms with van der Waals surface area (Å²) in [5.74, 6) is 0. The van der Waals surface area contributed by atoms with Crippen molar-refractivity contribution < 1.29 is 0 Å². The van der Waals surface area contributed by atoms with Gasteiger partial charge in [-0.3, -0.25) is 4.79 Å². The van der Waals surface area contributed by atoms with Gasteiger partial charge in [0.25, 0.3) is 5.56 Å². The largest absolute Gasteiger partial charge is 0.381 e. The zero-order valence-corrected chi connectivity index (χ0v) is 11.8. The number of hydrogen-bond acceptors (Lipinski definition) is 4. The van der Waals surface area contributed by atoms with Crippen molar-refractivity contribution in [2.24, 2.45) is 0 Å². The zero-order valence-electron chi connectivity index (χ0n) is 10.2. The lowest BCUT2D eigenvalue weighted by Gasteiger charge is -2.10. The number of rotatable bonds is 4. The topological polar surface area (TPSA) is 46.9 Å². The van der Waals surface area contributed by atoms with Crippen LogP contribution in [0.2, 0.25) is 4.34 Å². The molecule has 1 N–H and O–H groups in total. The summed E-state index contributed by atoms with van der Waals surface area (Å²) < 4.78 is 2.14. The number of anilines is 1. The lowest BCUT2D eigenvalue weighted by atomic mass is 10.3. The molecule has 4 nitrogen and oxygen atoms in total. The second-order valence-electron chi connectivity index (χ2n) is 4.24. The highest BCUT2D eigenvalue weighted by Crippen LogP contribution is 2.21. The molecule has 0 aliphatic carbocycles. The Hall–Kier alpha value is -1.33. The Morgan fingerprint density at radius 2 is 2.28 bits per heavy atom. The molecule has 0 amide bonds. The van der Waals surface area contributed by atoms with E-state index < -0.39 is 0 Å². The average Bonchev–Trinajstić information content (AvgIpc) is 2.67. The molecule has 96 valence electrons. The zero-order chi connectivity index (χ0) is 13.1. The fraction of sp³-hybridized carbons (Fsp3) is 0.333. The molecular weight excluding hydrogens is 270 g/mol. The van der Waals surface area contributed by atoms with Gasteiger partial charge in [0, 0.05) is 17.0 Å². The SMILES string of the molecule is CC(C)Nc1cnn(Cc2ccc(Cl)s2)c(=O)c1. The van der Waals surface area contributed by atoms with Gasteiger partial charge in [-0.15, -0.1) is 11.3 Å². The van der Waals surface area contributed by atoms with Crippen molar-refractivity contribution in [1.82, 2.24) is 9.78 Å². The molecule has 0 radical (unpaired) electrons. The fourth-order valence-electron chi connectivity index (χ4n) is 1.55. The number of hydrogen-bond donors (Lipinski definition) is 1. The standard InChI is InChI=1S/C12H14ClN3OS/c1-8(2)15-9-5-12(17)16(14-6-9)7-10-3-4-11(13)18-10/h3-6,8,15H,7H2,1-2H3. The molecule has 2 aromatic heterocycles. The first kappa shape index (κ1) is 13.1. The number of nitrogens with one attached hydrogen (secondary N) is 1. The summed E-state index contributed by atoms with van der Waals surface area (Å²) in [6, 6.07) is 5.56. The van der Waals surface area contributed by atoms with Gasteiger partial charge in [0.2, 0.25) is 0 Å². The molecule has 0 unspecified atom stereocenters. The Morgan fingerprint density at radius 3 is 2.83 bits per heavy atom. The van der Waals surface area contributed by atoms with E-state index >= 15 is 0 Å². The quantitative estimate of drug-likeness (QED) is 0.938. The molecule has 2 rings (SSSR count). The van der Waals surface area contributed by atoms with Gasteiger partial charge in [-0.25, -0.2) is 4.68 Å². The average molecular weight is 284 g/mol. The summed E-state index contributed by atoms with van der Waals surface area (Å²) in [4.78, 5) is 12.9. The van der Waals surface area contributed by atoms with Crippen LogP contribution in [0, 0.1) is 0 Å². The molecule has 0 spiro atoms. The highest BCUT2D eigenvalue weighted by molar-refractivity contribution is 7.16. The van der Waals surface area contributed by atoms with E-state index in [9.17, 15) is 4.79 Å². The molecule has 0 bridgehead atoms. The van der Waals surface area contributed by atoms with Crippen molar-refractivity contribution in [3.63, 3.8) is 0 Å². The molecule has 2 aromatic rings. The molecule has 6 heteroatoms. The van der Waals surface area contributed by atoms with E-state index in [1.54, 1.807) is 12.3 Å². The maximum absolute atomic E-state index is 11.9. The van der Waals surface area contributed by atoms with Crippen molar-refractivity contribution in [2.45, 2.75) is 26.4 Å². The van der Waals surface area contributed by atoms with Crippen molar-refractivity contribution in [3.05, 3.63) is 44.0 Å². The first-order valence-electron chi connectivity index (χ1n) is 5.62. The first-order chi connectivity index (χ1) is 8.54. The van der Waals surface area contributed by atoms with Crippen molar-refractivity contribution in [2.75, 3.05) is 5.32 Å². The van der Waals surface area contributed by atoms with E-state index in [4.69, 9.17) is 11.6 Å². The van der Waals surface area contributed by atoms with E-state index in [0.717, 1.165) is 14.9 Å². The van der Waals surface area contributed by atoms with E-state index in [1.807, 2.05) is 26.0 Å². The Labute approximate surface area is 114 Å². The minimum Gasteiger partial charge on any atom is -0.381 e. The second-order valence-corrected chi connectivity index (χ2v) is 6.04. The van der Waals surface area contributed by atoms with Crippen LogP contribution in [0.3, 0.4) is 0 Å². The normalized spacial score (nSPS) is 10.9. The van der Waals surface area contributed by atoms with Crippen LogP contribution in [-0.4, -0.2) is 15.8 Å². The Morgan fingerprint density at radius 1 is 1.50 bits per heavy atom. The monoisotopic (exact) mass is 283 g/mol. The van der Waals surface area contributed by atoms with E-state index in [0.29, 0.717) is 6.54 Å². The Bertz CT molecular complexity index is 591. The third-order valence-corrected chi connectivity index (χ3v) is 3.48. The molecule has 0 saturated carbocycles. The lowest BCUT2D eigenvalue weighted by molar-refractivity contribution is 0.645. The van der Waals surface area contributed by atoms with Gasteiger partial charge >= 0.3 is 0 Å². The first-order valence-corrected chi connectivity index (χ1v) is 6.82. The number of aromatic nitrogens is 2. The Balaban J connectivity index is 2.17. The van der Waals surface area contributed by atoms with Gasteiger partial charge in [-0.05, 0) is 26.0 Å². The highest BCUT2D eigenvalue weighted by atomic mass is 35.5. The van der Waals surface area contributed by atoms with Gasteiger partial charge in [-0.2, -0.15) is 5.10 Å². The number of halogens is 1. The molecule has 0 aliphatic rings. The van der Waals surface area contributed by atoms with Gasteiger partial charge in [0.15, 0.2) is 0 Å². The minimum atomic E-state index is -0.120. The van der Waals surface area contributed by atoms with Crippen LogP contribution in [-0.2, 0) is 6.54 Å². The predicted molar refractivity (Wildman–Crippen MR) is 75.7 cm³/mol. The molecule has 0 saturated heterocycles. The maximum Gasteiger partial charge on any atom is 0.269 e. The molecule has 18 heavy (non-hydrogen) atoms. The third kappa shape index (κ3) is 3.34. The molecule has 2 heterocycles. The third-order valence-electron chi connectivity index (χ3n) is 2.26. The van der Waals surface area contributed by atoms with Crippen LogP contribution in [0.1, 0.15) is 18.7 Å². The lowest BCUT2D eigenvalue weighted by Crippen LogP contribution is -2.23. The van der Waals surface area contributed by atoms with Crippen LogP contribution in [0.5, 0.6) is 0 Å². The molecular formula is C12H14ClN3OS.